The number of carbonyl (C=O) groups excluding carboxylic acids is 1. The number of hydrogen-bond donors (Lipinski definition) is 2. The molecule has 1 atom stereocenters. The summed E-state index contributed by atoms with van der Waals surface area (Å²) in [5.74, 6) is 1.79. The van der Waals surface area contributed by atoms with Gasteiger partial charge in [-0.15, -0.1) is 12.4 Å². The van der Waals surface area contributed by atoms with Crippen LogP contribution in [0.15, 0.2) is 28.8 Å². The van der Waals surface area contributed by atoms with Crippen LogP contribution in [0, 0.1) is 5.92 Å². The fourth-order valence-corrected chi connectivity index (χ4v) is 2.44. The first-order valence-corrected chi connectivity index (χ1v) is 8.00. The van der Waals surface area contributed by atoms with E-state index in [0.29, 0.717) is 23.9 Å². The van der Waals surface area contributed by atoms with Crippen LogP contribution in [-0.4, -0.2) is 16.0 Å². The molecule has 24 heavy (non-hydrogen) atoms. The van der Waals surface area contributed by atoms with E-state index in [2.05, 4.69) is 15.5 Å². The van der Waals surface area contributed by atoms with Gasteiger partial charge in [-0.1, -0.05) is 31.1 Å². The Labute approximate surface area is 147 Å². The van der Waals surface area contributed by atoms with Crippen molar-refractivity contribution in [3.8, 4) is 0 Å². The predicted molar refractivity (Wildman–Crippen MR) is 93.8 cm³/mol. The maximum atomic E-state index is 12.3. The standard InChI is InChI=1S/C17H22N4O2.ClH/c1-10(2)15(17-20-16(21-23-17)12-5-6-12)19-14(22)9-11-3-7-13(18)8-4-11;/h3-4,7-8,10,12,15H,5-6,9,18H2,1-2H3,(H,19,22);1H. The van der Waals surface area contributed by atoms with Crippen molar-refractivity contribution >= 4 is 24.0 Å². The third-order valence-electron chi connectivity index (χ3n) is 3.99. The van der Waals surface area contributed by atoms with E-state index in [1.807, 2.05) is 26.0 Å². The zero-order valence-electron chi connectivity index (χ0n) is 13.9. The van der Waals surface area contributed by atoms with Gasteiger partial charge in [-0.3, -0.25) is 4.79 Å². The fourth-order valence-electron chi connectivity index (χ4n) is 2.44. The largest absolute Gasteiger partial charge is 0.399 e. The molecule has 1 aromatic carbocycles. The first-order chi connectivity index (χ1) is 11.0. The van der Waals surface area contributed by atoms with Crippen LogP contribution in [0.25, 0.3) is 0 Å². The Kier molecular flexibility index (Phi) is 5.83. The lowest BCUT2D eigenvalue weighted by molar-refractivity contribution is -0.121. The Balaban J connectivity index is 0.00000208. The van der Waals surface area contributed by atoms with Gasteiger partial charge in [0.15, 0.2) is 5.82 Å². The van der Waals surface area contributed by atoms with E-state index in [1.165, 1.54) is 0 Å². The average molecular weight is 351 g/mol. The number of carbonyl (C=O) groups is 1. The minimum atomic E-state index is -0.267. The quantitative estimate of drug-likeness (QED) is 0.781. The molecule has 1 aromatic heterocycles. The number of nitrogens with two attached hydrogens (primary N) is 1. The molecule has 1 unspecified atom stereocenters. The zero-order chi connectivity index (χ0) is 16.4. The van der Waals surface area contributed by atoms with Gasteiger partial charge in [0.25, 0.3) is 0 Å². The van der Waals surface area contributed by atoms with Crippen LogP contribution in [0.1, 0.15) is 55.9 Å². The number of amides is 1. The number of rotatable bonds is 6. The SMILES string of the molecule is CC(C)C(NC(=O)Cc1ccc(N)cc1)c1nc(C2CC2)no1.Cl. The van der Waals surface area contributed by atoms with Gasteiger partial charge in [0.05, 0.1) is 6.42 Å². The summed E-state index contributed by atoms with van der Waals surface area (Å²) in [5.41, 5.74) is 7.27. The van der Waals surface area contributed by atoms with Crippen LogP contribution < -0.4 is 11.1 Å². The highest BCUT2D eigenvalue weighted by molar-refractivity contribution is 5.85. The Morgan fingerprint density at radius 2 is 2.00 bits per heavy atom. The molecule has 7 heteroatoms. The second kappa shape index (κ2) is 7.66. The summed E-state index contributed by atoms with van der Waals surface area (Å²) in [7, 11) is 0. The number of anilines is 1. The van der Waals surface area contributed by atoms with Crippen molar-refractivity contribution in [1.82, 2.24) is 15.5 Å². The lowest BCUT2D eigenvalue weighted by atomic mass is 10.0. The smallest absolute Gasteiger partial charge is 0.249 e. The van der Waals surface area contributed by atoms with E-state index in [9.17, 15) is 4.79 Å². The van der Waals surface area contributed by atoms with Gasteiger partial charge in [0.1, 0.15) is 6.04 Å². The highest BCUT2D eigenvalue weighted by Gasteiger charge is 2.31. The highest BCUT2D eigenvalue weighted by Crippen LogP contribution is 2.38. The second-order valence-electron chi connectivity index (χ2n) is 6.47. The number of halogens is 1. The first-order valence-electron chi connectivity index (χ1n) is 8.00. The summed E-state index contributed by atoms with van der Waals surface area (Å²) < 4.78 is 5.36. The molecule has 6 nitrogen and oxygen atoms in total. The van der Waals surface area contributed by atoms with Gasteiger partial charge in [0.2, 0.25) is 11.8 Å². The van der Waals surface area contributed by atoms with Crippen molar-refractivity contribution in [3.05, 3.63) is 41.5 Å². The van der Waals surface area contributed by atoms with Gasteiger partial charge in [-0.05, 0) is 36.5 Å². The maximum absolute atomic E-state index is 12.3. The minimum absolute atomic E-state index is 0. The van der Waals surface area contributed by atoms with Gasteiger partial charge in [-0.25, -0.2) is 0 Å². The van der Waals surface area contributed by atoms with Crippen LogP contribution in [0.3, 0.4) is 0 Å². The summed E-state index contributed by atoms with van der Waals surface area (Å²) >= 11 is 0. The van der Waals surface area contributed by atoms with E-state index >= 15 is 0 Å². The fraction of sp³-hybridized carbons (Fsp3) is 0.471. The predicted octanol–water partition coefficient (Wildman–Crippen LogP) is 3.01. The molecule has 2 aromatic rings. The number of hydrogen-bond acceptors (Lipinski definition) is 5. The first kappa shape index (κ1) is 18.3. The van der Waals surface area contributed by atoms with E-state index in [-0.39, 0.29) is 30.3 Å². The molecular formula is C17H23ClN4O2. The maximum Gasteiger partial charge on any atom is 0.249 e. The van der Waals surface area contributed by atoms with E-state index in [0.717, 1.165) is 24.2 Å². The molecule has 0 radical (unpaired) electrons. The van der Waals surface area contributed by atoms with Crippen LogP contribution in [0.5, 0.6) is 0 Å². The number of benzene rings is 1. The summed E-state index contributed by atoms with van der Waals surface area (Å²) in [5, 5.41) is 7.03. The van der Waals surface area contributed by atoms with Crippen LogP contribution in [0.4, 0.5) is 5.69 Å². The topological polar surface area (TPSA) is 94.0 Å². The molecular weight excluding hydrogens is 328 g/mol. The molecule has 3 N–H and O–H groups in total. The van der Waals surface area contributed by atoms with Crippen molar-refractivity contribution < 1.29 is 9.32 Å². The third-order valence-corrected chi connectivity index (χ3v) is 3.99. The minimum Gasteiger partial charge on any atom is -0.399 e. The summed E-state index contributed by atoms with van der Waals surface area (Å²) in [6.07, 6.45) is 2.54. The van der Waals surface area contributed by atoms with Crippen molar-refractivity contribution in [3.63, 3.8) is 0 Å². The van der Waals surface area contributed by atoms with Crippen molar-refractivity contribution in [2.24, 2.45) is 5.92 Å². The van der Waals surface area contributed by atoms with Crippen LogP contribution in [-0.2, 0) is 11.2 Å². The number of aromatic nitrogens is 2. The van der Waals surface area contributed by atoms with Crippen molar-refractivity contribution in [2.75, 3.05) is 5.73 Å². The molecule has 0 spiro atoms. The molecule has 1 saturated carbocycles. The van der Waals surface area contributed by atoms with Crippen LogP contribution in [0.2, 0.25) is 0 Å². The van der Waals surface area contributed by atoms with Crippen molar-refractivity contribution in [1.29, 1.82) is 0 Å². The summed E-state index contributed by atoms with van der Waals surface area (Å²) in [6, 6.07) is 7.04. The van der Waals surface area contributed by atoms with E-state index in [4.69, 9.17) is 10.3 Å². The average Bonchev–Trinajstić information content (AvgIpc) is 3.25. The molecule has 1 amide bonds. The Morgan fingerprint density at radius 1 is 1.33 bits per heavy atom. The molecule has 1 heterocycles. The molecule has 1 aliphatic rings. The van der Waals surface area contributed by atoms with E-state index in [1.54, 1.807) is 12.1 Å². The molecule has 3 rings (SSSR count). The lowest BCUT2D eigenvalue weighted by Crippen LogP contribution is -2.33. The molecule has 1 aliphatic carbocycles. The Bertz CT molecular complexity index is 680. The Morgan fingerprint density at radius 3 is 2.58 bits per heavy atom. The molecule has 0 aliphatic heterocycles. The summed E-state index contributed by atoms with van der Waals surface area (Å²) in [4.78, 5) is 16.8. The summed E-state index contributed by atoms with van der Waals surface area (Å²) in [6.45, 7) is 4.05. The normalized spacial score (nSPS) is 15.0. The highest BCUT2D eigenvalue weighted by atomic mass is 35.5. The number of nitrogen functional groups attached to an aromatic ring is 1. The third kappa shape index (κ3) is 4.47. The number of nitrogens with one attached hydrogen (secondary N) is 1. The molecule has 0 bridgehead atoms. The number of nitrogens with zero attached hydrogens (tertiary/aromatic N) is 2. The molecule has 130 valence electrons. The second-order valence-corrected chi connectivity index (χ2v) is 6.47. The zero-order valence-corrected chi connectivity index (χ0v) is 14.7. The van der Waals surface area contributed by atoms with Gasteiger partial charge < -0.3 is 15.6 Å². The Hall–Kier alpha value is -2.08. The van der Waals surface area contributed by atoms with Gasteiger partial charge in [0, 0.05) is 11.6 Å². The van der Waals surface area contributed by atoms with Crippen molar-refractivity contribution in [2.45, 2.75) is 45.1 Å². The van der Waals surface area contributed by atoms with E-state index < -0.39 is 0 Å². The van der Waals surface area contributed by atoms with Gasteiger partial charge in [-0.2, -0.15) is 4.98 Å². The monoisotopic (exact) mass is 350 g/mol. The van der Waals surface area contributed by atoms with Crippen LogP contribution >= 0.6 is 12.4 Å². The lowest BCUT2D eigenvalue weighted by Gasteiger charge is -2.18. The molecule has 0 saturated heterocycles. The molecule has 1 fully saturated rings. The van der Waals surface area contributed by atoms with Gasteiger partial charge >= 0.3 is 0 Å².